The summed E-state index contributed by atoms with van der Waals surface area (Å²) >= 11 is 11.8. The first kappa shape index (κ1) is 13.5. The van der Waals surface area contributed by atoms with E-state index in [0.717, 1.165) is 0 Å². The predicted molar refractivity (Wildman–Crippen MR) is 77.6 cm³/mol. The van der Waals surface area contributed by atoms with E-state index in [1.807, 2.05) is 0 Å². The summed E-state index contributed by atoms with van der Waals surface area (Å²) in [6.07, 6.45) is 0. The van der Waals surface area contributed by atoms with Gasteiger partial charge in [-0.25, -0.2) is 4.79 Å². The Bertz CT molecular complexity index is 645. The van der Waals surface area contributed by atoms with Crippen LogP contribution in [0, 0.1) is 0 Å². The number of hydrogen-bond donors (Lipinski definition) is 3. The lowest BCUT2D eigenvalue weighted by Gasteiger charge is -2.11. The molecule has 0 radical (unpaired) electrons. The highest BCUT2D eigenvalue weighted by molar-refractivity contribution is 6.36. The molecule has 0 aromatic heterocycles. The quantitative estimate of drug-likeness (QED) is 0.748. The molecule has 0 aliphatic carbocycles. The van der Waals surface area contributed by atoms with Crippen molar-refractivity contribution in [1.29, 1.82) is 0 Å². The van der Waals surface area contributed by atoms with E-state index in [-0.39, 0.29) is 5.56 Å². The molecule has 98 valence electrons. The topological polar surface area (TPSA) is 75.4 Å². The normalized spacial score (nSPS) is 10.2. The van der Waals surface area contributed by atoms with Crippen LogP contribution in [0.3, 0.4) is 0 Å². The maximum absolute atomic E-state index is 10.8. The van der Waals surface area contributed by atoms with Crippen LogP contribution in [0.4, 0.5) is 17.1 Å². The summed E-state index contributed by atoms with van der Waals surface area (Å²) in [5, 5.41) is 12.9. The second kappa shape index (κ2) is 5.38. The van der Waals surface area contributed by atoms with Crippen molar-refractivity contribution >= 4 is 46.2 Å². The van der Waals surface area contributed by atoms with Crippen molar-refractivity contribution in [2.75, 3.05) is 11.1 Å². The standard InChI is InChI=1S/C13H10Cl2N2O2/c14-8-2-4-11(9(15)6-8)17-12-3-1-7(13(18)19)5-10(12)16/h1-6,17H,16H2,(H,18,19). The zero-order valence-corrected chi connectivity index (χ0v) is 11.2. The Morgan fingerprint density at radius 1 is 1.11 bits per heavy atom. The number of carbonyl (C=O) groups is 1. The van der Waals surface area contributed by atoms with Crippen LogP contribution in [-0.2, 0) is 0 Å². The number of hydrogen-bond acceptors (Lipinski definition) is 3. The fourth-order valence-electron chi connectivity index (χ4n) is 1.55. The average molecular weight is 297 g/mol. The van der Waals surface area contributed by atoms with Crippen LogP contribution in [0.25, 0.3) is 0 Å². The van der Waals surface area contributed by atoms with Gasteiger partial charge in [-0.05, 0) is 36.4 Å². The molecule has 0 saturated heterocycles. The molecular weight excluding hydrogens is 287 g/mol. The Kier molecular flexibility index (Phi) is 3.83. The van der Waals surface area contributed by atoms with Crippen LogP contribution < -0.4 is 11.1 Å². The molecule has 0 atom stereocenters. The lowest BCUT2D eigenvalue weighted by molar-refractivity contribution is 0.0697. The van der Waals surface area contributed by atoms with Crippen LogP contribution in [0.15, 0.2) is 36.4 Å². The van der Waals surface area contributed by atoms with Gasteiger partial charge in [0.2, 0.25) is 0 Å². The predicted octanol–water partition coefficient (Wildman–Crippen LogP) is 4.02. The summed E-state index contributed by atoms with van der Waals surface area (Å²) in [5.41, 5.74) is 7.46. The Labute approximate surface area is 119 Å². The van der Waals surface area contributed by atoms with E-state index in [1.54, 1.807) is 24.3 Å². The zero-order chi connectivity index (χ0) is 14.0. The van der Waals surface area contributed by atoms with E-state index in [9.17, 15) is 4.79 Å². The Balaban J connectivity index is 2.31. The fourth-order valence-corrected chi connectivity index (χ4v) is 2.00. The highest BCUT2D eigenvalue weighted by Crippen LogP contribution is 2.30. The molecule has 2 rings (SSSR count). The minimum absolute atomic E-state index is 0.130. The van der Waals surface area contributed by atoms with Crippen LogP contribution >= 0.6 is 23.2 Å². The third kappa shape index (κ3) is 3.10. The maximum atomic E-state index is 10.8. The number of anilines is 3. The number of carboxylic acid groups (broad SMARTS) is 1. The summed E-state index contributed by atoms with van der Waals surface area (Å²) < 4.78 is 0. The van der Waals surface area contributed by atoms with Gasteiger partial charge in [-0.15, -0.1) is 0 Å². The number of aromatic carboxylic acids is 1. The summed E-state index contributed by atoms with van der Waals surface area (Å²) in [6.45, 7) is 0. The van der Waals surface area contributed by atoms with E-state index < -0.39 is 5.97 Å². The zero-order valence-electron chi connectivity index (χ0n) is 9.65. The van der Waals surface area contributed by atoms with E-state index >= 15 is 0 Å². The van der Waals surface area contributed by atoms with E-state index in [2.05, 4.69) is 5.32 Å². The molecule has 0 aliphatic rings. The second-order valence-corrected chi connectivity index (χ2v) is 4.70. The number of halogens is 2. The highest BCUT2D eigenvalue weighted by atomic mass is 35.5. The van der Waals surface area contributed by atoms with E-state index in [0.29, 0.717) is 27.1 Å². The number of nitrogens with two attached hydrogens (primary N) is 1. The molecule has 0 saturated carbocycles. The molecule has 6 heteroatoms. The molecule has 0 unspecified atom stereocenters. The first-order valence-corrected chi connectivity index (χ1v) is 6.08. The van der Waals surface area contributed by atoms with Gasteiger partial charge in [0.1, 0.15) is 0 Å². The summed E-state index contributed by atoms with van der Waals surface area (Å²) in [4.78, 5) is 10.8. The van der Waals surface area contributed by atoms with Crippen molar-refractivity contribution in [3.05, 3.63) is 52.0 Å². The molecule has 4 N–H and O–H groups in total. The van der Waals surface area contributed by atoms with Crippen LogP contribution in [0.1, 0.15) is 10.4 Å². The SMILES string of the molecule is Nc1cc(C(=O)O)ccc1Nc1ccc(Cl)cc1Cl. The summed E-state index contributed by atoms with van der Waals surface area (Å²) in [6, 6.07) is 9.45. The van der Waals surface area contributed by atoms with E-state index in [4.69, 9.17) is 34.0 Å². The molecule has 2 aromatic rings. The second-order valence-electron chi connectivity index (χ2n) is 3.86. The van der Waals surface area contributed by atoms with Gasteiger partial charge < -0.3 is 16.2 Å². The summed E-state index contributed by atoms with van der Waals surface area (Å²) in [7, 11) is 0. The Hall–Kier alpha value is -1.91. The molecule has 0 heterocycles. The molecule has 0 spiro atoms. The molecule has 0 aliphatic heterocycles. The van der Waals surface area contributed by atoms with Crippen molar-refractivity contribution in [1.82, 2.24) is 0 Å². The number of nitrogens with one attached hydrogen (secondary N) is 1. The fraction of sp³-hybridized carbons (Fsp3) is 0. The Morgan fingerprint density at radius 3 is 2.37 bits per heavy atom. The lowest BCUT2D eigenvalue weighted by Crippen LogP contribution is -2.01. The van der Waals surface area contributed by atoms with Crippen LogP contribution in [-0.4, -0.2) is 11.1 Å². The number of nitrogen functional groups attached to an aromatic ring is 1. The Morgan fingerprint density at radius 2 is 1.79 bits per heavy atom. The van der Waals surface area contributed by atoms with Gasteiger partial charge in [0, 0.05) is 5.02 Å². The van der Waals surface area contributed by atoms with Crippen molar-refractivity contribution in [2.24, 2.45) is 0 Å². The molecule has 2 aromatic carbocycles. The molecule has 4 nitrogen and oxygen atoms in total. The summed E-state index contributed by atoms with van der Waals surface area (Å²) in [5.74, 6) is -1.03. The lowest BCUT2D eigenvalue weighted by atomic mass is 10.1. The monoisotopic (exact) mass is 296 g/mol. The number of rotatable bonds is 3. The van der Waals surface area contributed by atoms with Gasteiger partial charge in [-0.1, -0.05) is 23.2 Å². The van der Waals surface area contributed by atoms with Crippen LogP contribution in [0.2, 0.25) is 10.0 Å². The van der Waals surface area contributed by atoms with Crippen molar-refractivity contribution in [3.8, 4) is 0 Å². The van der Waals surface area contributed by atoms with Gasteiger partial charge in [-0.3, -0.25) is 0 Å². The van der Waals surface area contributed by atoms with Gasteiger partial charge in [0.25, 0.3) is 0 Å². The van der Waals surface area contributed by atoms with Crippen molar-refractivity contribution in [3.63, 3.8) is 0 Å². The minimum atomic E-state index is -1.03. The van der Waals surface area contributed by atoms with Gasteiger partial charge in [0.05, 0.1) is 27.6 Å². The molecular formula is C13H10Cl2N2O2. The molecule has 0 amide bonds. The highest BCUT2D eigenvalue weighted by Gasteiger charge is 2.08. The van der Waals surface area contributed by atoms with E-state index in [1.165, 1.54) is 12.1 Å². The third-order valence-corrected chi connectivity index (χ3v) is 3.05. The largest absolute Gasteiger partial charge is 0.478 e. The molecule has 19 heavy (non-hydrogen) atoms. The minimum Gasteiger partial charge on any atom is -0.478 e. The van der Waals surface area contributed by atoms with Crippen molar-refractivity contribution in [2.45, 2.75) is 0 Å². The number of carboxylic acids is 1. The first-order chi connectivity index (χ1) is 8.97. The molecule has 0 fully saturated rings. The number of benzene rings is 2. The van der Waals surface area contributed by atoms with Gasteiger partial charge in [-0.2, -0.15) is 0 Å². The average Bonchev–Trinajstić information content (AvgIpc) is 2.34. The van der Waals surface area contributed by atoms with Gasteiger partial charge in [0.15, 0.2) is 0 Å². The first-order valence-electron chi connectivity index (χ1n) is 5.32. The maximum Gasteiger partial charge on any atom is 0.335 e. The third-order valence-electron chi connectivity index (χ3n) is 2.50. The smallest absolute Gasteiger partial charge is 0.335 e. The van der Waals surface area contributed by atoms with Gasteiger partial charge >= 0.3 is 5.97 Å². The van der Waals surface area contributed by atoms with Crippen LogP contribution in [0.5, 0.6) is 0 Å². The van der Waals surface area contributed by atoms with Crippen molar-refractivity contribution < 1.29 is 9.90 Å². The molecule has 0 bridgehead atoms.